The van der Waals surface area contributed by atoms with E-state index >= 15 is 0 Å². The zero-order chi connectivity index (χ0) is 11.7. The van der Waals surface area contributed by atoms with Crippen LogP contribution >= 0.6 is 0 Å². The van der Waals surface area contributed by atoms with Crippen LogP contribution in [-0.4, -0.2) is 13.3 Å². The first-order valence-corrected chi connectivity index (χ1v) is 5.61. The number of nitrogens with zero attached hydrogens (tertiary/aromatic N) is 1. The van der Waals surface area contributed by atoms with Gasteiger partial charge in [-0.3, -0.25) is 4.99 Å². The second-order valence-electron chi connectivity index (χ2n) is 4.15. The molecule has 0 aromatic heterocycles. The highest BCUT2D eigenvalue weighted by Gasteiger charge is 2.34. The maximum atomic E-state index is 5.28. The number of rotatable bonds is 2. The third-order valence-electron chi connectivity index (χ3n) is 3.24. The Balaban J connectivity index is 2.14. The molecule has 1 aliphatic heterocycles. The molecule has 1 aromatic rings. The van der Waals surface area contributed by atoms with Crippen molar-refractivity contribution in [1.29, 1.82) is 0 Å². The fourth-order valence-electron chi connectivity index (χ4n) is 2.34. The number of ether oxygens (including phenoxy) is 1. The zero-order valence-electron chi connectivity index (χ0n) is 9.63. The Morgan fingerprint density at radius 3 is 2.94 bits per heavy atom. The van der Waals surface area contributed by atoms with E-state index in [1.807, 2.05) is 24.4 Å². The van der Waals surface area contributed by atoms with Crippen molar-refractivity contribution < 1.29 is 4.74 Å². The van der Waals surface area contributed by atoms with Crippen LogP contribution < -0.4 is 4.74 Å². The molecule has 1 aliphatic carbocycles. The molecular weight excluding hydrogens is 210 g/mol. The molecule has 1 heterocycles. The zero-order valence-corrected chi connectivity index (χ0v) is 9.63. The van der Waals surface area contributed by atoms with Crippen molar-refractivity contribution in [2.45, 2.75) is 5.41 Å². The highest BCUT2D eigenvalue weighted by Crippen LogP contribution is 2.41. The SMILES string of the molecule is COc1cccc(C23C=CC=NC2=CC=C3)c1. The number of allylic oxidation sites excluding steroid dienone is 4. The molecule has 3 rings (SSSR count). The first-order chi connectivity index (χ1) is 8.35. The summed E-state index contributed by atoms with van der Waals surface area (Å²) in [6.45, 7) is 0. The summed E-state index contributed by atoms with van der Waals surface area (Å²) in [5, 5.41) is 0. The molecule has 1 unspecified atom stereocenters. The summed E-state index contributed by atoms with van der Waals surface area (Å²) in [4.78, 5) is 4.44. The third kappa shape index (κ3) is 1.45. The normalized spacial score (nSPS) is 24.6. The fraction of sp³-hybridized carbons (Fsp3) is 0.133. The van der Waals surface area contributed by atoms with Gasteiger partial charge in [-0.15, -0.1) is 0 Å². The lowest BCUT2D eigenvalue weighted by Gasteiger charge is -2.28. The van der Waals surface area contributed by atoms with Crippen molar-refractivity contribution in [2.75, 3.05) is 7.11 Å². The summed E-state index contributed by atoms with van der Waals surface area (Å²) in [6.07, 6.45) is 12.3. The van der Waals surface area contributed by atoms with Crippen LogP contribution in [0, 0.1) is 0 Å². The molecule has 0 spiro atoms. The van der Waals surface area contributed by atoms with Gasteiger partial charge in [-0.05, 0) is 29.8 Å². The lowest BCUT2D eigenvalue weighted by molar-refractivity contribution is 0.414. The first-order valence-electron chi connectivity index (χ1n) is 5.61. The van der Waals surface area contributed by atoms with Crippen LogP contribution in [0.2, 0.25) is 0 Å². The van der Waals surface area contributed by atoms with Crippen LogP contribution in [0.4, 0.5) is 0 Å². The van der Waals surface area contributed by atoms with E-state index in [9.17, 15) is 0 Å². The number of hydrogen-bond acceptors (Lipinski definition) is 2. The molecule has 0 amide bonds. The Morgan fingerprint density at radius 2 is 2.06 bits per heavy atom. The molecule has 84 valence electrons. The molecule has 1 aromatic carbocycles. The minimum Gasteiger partial charge on any atom is -0.497 e. The monoisotopic (exact) mass is 223 g/mol. The van der Waals surface area contributed by atoms with Gasteiger partial charge in [0.25, 0.3) is 0 Å². The Kier molecular flexibility index (Phi) is 2.22. The van der Waals surface area contributed by atoms with Crippen LogP contribution in [0.25, 0.3) is 0 Å². The largest absolute Gasteiger partial charge is 0.497 e. The minimum absolute atomic E-state index is 0.205. The second-order valence-corrected chi connectivity index (χ2v) is 4.15. The van der Waals surface area contributed by atoms with E-state index in [0.717, 1.165) is 11.4 Å². The number of hydrogen-bond donors (Lipinski definition) is 0. The predicted molar refractivity (Wildman–Crippen MR) is 69.5 cm³/mol. The van der Waals surface area contributed by atoms with E-state index in [1.54, 1.807) is 7.11 Å². The summed E-state index contributed by atoms with van der Waals surface area (Å²) < 4.78 is 5.28. The summed E-state index contributed by atoms with van der Waals surface area (Å²) in [5.41, 5.74) is 2.04. The fourth-order valence-corrected chi connectivity index (χ4v) is 2.34. The van der Waals surface area contributed by atoms with Gasteiger partial charge in [0.05, 0.1) is 18.2 Å². The van der Waals surface area contributed by atoms with E-state index in [0.29, 0.717) is 0 Å². The highest BCUT2D eigenvalue weighted by atomic mass is 16.5. The lowest BCUT2D eigenvalue weighted by atomic mass is 9.78. The average molecular weight is 223 g/mol. The molecule has 0 N–H and O–H groups in total. The molecule has 2 nitrogen and oxygen atoms in total. The summed E-state index contributed by atoms with van der Waals surface area (Å²) >= 11 is 0. The van der Waals surface area contributed by atoms with Crippen molar-refractivity contribution >= 4 is 6.21 Å². The van der Waals surface area contributed by atoms with Crippen molar-refractivity contribution in [1.82, 2.24) is 0 Å². The van der Waals surface area contributed by atoms with Crippen LogP contribution in [-0.2, 0) is 5.41 Å². The van der Waals surface area contributed by atoms with E-state index in [2.05, 4.69) is 41.4 Å². The number of dihydropyridines is 1. The number of benzene rings is 1. The lowest BCUT2D eigenvalue weighted by Crippen LogP contribution is -2.22. The van der Waals surface area contributed by atoms with E-state index in [1.165, 1.54) is 5.56 Å². The Morgan fingerprint density at radius 1 is 1.18 bits per heavy atom. The standard InChI is InChI=1S/C15H13NO/c1-17-13-6-2-5-12(11-13)15-8-3-7-14(15)16-10-4-9-15/h2-11H,1H3. The van der Waals surface area contributed by atoms with Gasteiger partial charge >= 0.3 is 0 Å². The predicted octanol–water partition coefficient (Wildman–Crippen LogP) is 3.03. The maximum Gasteiger partial charge on any atom is 0.119 e. The second kappa shape index (κ2) is 3.74. The van der Waals surface area contributed by atoms with Gasteiger partial charge in [-0.1, -0.05) is 30.4 Å². The number of methoxy groups -OCH3 is 1. The van der Waals surface area contributed by atoms with Crippen molar-refractivity contribution in [2.24, 2.45) is 4.99 Å². The van der Waals surface area contributed by atoms with Crippen molar-refractivity contribution in [3.05, 3.63) is 65.9 Å². The summed E-state index contributed by atoms with van der Waals surface area (Å²) in [6, 6.07) is 8.14. The number of fused-ring (bicyclic) bond motifs is 1. The number of aliphatic imine (C=N–C) groups is 1. The van der Waals surface area contributed by atoms with E-state index in [4.69, 9.17) is 4.74 Å². The van der Waals surface area contributed by atoms with Gasteiger partial charge in [0.15, 0.2) is 0 Å². The molecule has 1 atom stereocenters. The molecule has 2 heteroatoms. The smallest absolute Gasteiger partial charge is 0.119 e. The van der Waals surface area contributed by atoms with E-state index < -0.39 is 0 Å². The van der Waals surface area contributed by atoms with Crippen molar-refractivity contribution in [3.63, 3.8) is 0 Å². The van der Waals surface area contributed by atoms with Crippen LogP contribution in [0.15, 0.2) is 65.3 Å². The van der Waals surface area contributed by atoms with Crippen LogP contribution in [0.5, 0.6) is 5.75 Å². The first kappa shape index (κ1) is 10.1. The molecular formula is C15H13NO. The van der Waals surface area contributed by atoms with E-state index in [-0.39, 0.29) is 5.41 Å². The Bertz CT molecular complexity index is 566. The summed E-state index contributed by atoms with van der Waals surface area (Å²) in [7, 11) is 1.69. The van der Waals surface area contributed by atoms with Gasteiger partial charge in [0.1, 0.15) is 5.75 Å². The van der Waals surface area contributed by atoms with Gasteiger partial charge in [-0.2, -0.15) is 0 Å². The van der Waals surface area contributed by atoms with Crippen molar-refractivity contribution in [3.8, 4) is 5.75 Å². The molecule has 0 fully saturated rings. The average Bonchev–Trinajstić information content (AvgIpc) is 2.84. The topological polar surface area (TPSA) is 21.6 Å². The van der Waals surface area contributed by atoms with Gasteiger partial charge in [0, 0.05) is 6.21 Å². The molecule has 2 aliphatic rings. The van der Waals surface area contributed by atoms with Gasteiger partial charge in [0.2, 0.25) is 0 Å². The summed E-state index contributed by atoms with van der Waals surface area (Å²) in [5.74, 6) is 0.875. The van der Waals surface area contributed by atoms with Crippen LogP contribution in [0.3, 0.4) is 0 Å². The molecule has 17 heavy (non-hydrogen) atoms. The molecule has 0 radical (unpaired) electrons. The maximum absolute atomic E-state index is 5.28. The Hall–Kier alpha value is -2.09. The molecule has 0 bridgehead atoms. The minimum atomic E-state index is -0.205. The van der Waals surface area contributed by atoms with Crippen LogP contribution in [0.1, 0.15) is 5.56 Å². The van der Waals surface area contributed by atoms with Gasteiger partial charge < -0.3 is 4.74 Å². The quantitative estimate of drug-likeness (QED) is 0.755. The third-order valence-corrected chi connectivity index (χ3v) is 3.24. The molecule has 0 saturated carbocycles. The highest BCUT2D eigenvalue weighted by molar-refractivity contribution is 5.77. The van der Waals surface area contributed by atoms with Gasteiger partial charge in [-0.25, -0.2) is 0 Å². The molecule has 0 saturated heterocycles. The Labute approximate surface area is 101 Å².